The van der Waals surface area contributed by atoms with Crippen molar-refractivity contribution in [2.45, 2.75) is 40.5 Å². The highest BCUT2D eigenvalue weighted by atomic mass is 16.5. The Labute approximate surface area is 106 Å². The smallest absolute Gasteiger partial charge is 0.191 e. The van der Waals surface area contributed by atoms with Crippen LogP contribution in [0, 0.1) is 5.41 Å². The molecule has 4 nitrogen and oxygen atoms in total. The van der Waals surface area contributed by atoms with Crippen molar-refractivity contribution in [3.63, 3.8) is 0 Å². The molecule has 0 saturated heterocycles. The molecule has 0 aliphatic carbocycles. The summed E-state index contributed by atoms with van der Waals surface area (Å²) in [6.45, 7) is 12.1. The summed E-state index contributed by atoms with van der Waals surface area (Å²) < 4.78 is 5.00. The normalized spacial score (nSPS) is 12.6. The lowest BCUT2D eigenvalue weighted by Gasteiger charge is -2.17. The molecule has 0 radical (unpaired) electrons. The van der Waals surface area contributed by atoms with E-state index in [9.17, 15) is 0 Å². The lowest BCUT2D eigenvalue weighted by Crippen LogP contribution is -2.39. The summed E-state index contributed by atoms with van der Waals surface area (Å²) in [5.74, 6) is 0.887. The molecule has 0 heterocycles. The average molecular weight is 243 g/mol. The minimum atomic E-state index is 0.400. The largest absolute Gasteiger partial charge is 0.383 e. The van der Waals surface area contributed by atoms with Crippen LogP contribution in [0.1, 0.15) is 40.5 Å². The van der Waals surface area contributed by atoms with Crippen LogP contribution in [0.25, 0.3) is 0 Å². The third kappa shape index (κ3) is 11.5. The SMILES string of the molecule is CCNC(=NCCCC(C)(C)C)NCCOC. The van der Waals surface area contributed by atoms with Crippen molar-refractivity contribution in [1.29, 1.82) is 0 Å². The van der Waals surface area contributed by atoms with Crippen molar-refractivity contribution in [1.82, 2.24) is 10.6 Å². The maximum atomic E-state index is 5.00. The van der Waals surface area contributed by atoms with E-state index in [1.807, 2.05) is 0 Å². The van der Waals surface area contributed by atoms with Gasteiger partial charge in [-0.25, -0.2) is 0 Å². The summed E-state index contributed by atoms with van der Waals surface area (Å²) in [4.78, 5) is 4.53. The summed E-state index contributed by atoms with van der Waals surface area (Å²) in [7, 11) is 1.70. The van der Waals surface area contributed by atoms with Gasteiger partial charge in [0.1, 0.15) is 0 Å². The third-order valence-electron chi connectivity index (χ3n) is 2.30. The molecule has 2 N–H and O–H groups in total. The molecule has 0 atom stereocenters. The molecule has 0 fully saturated rings. The number of methoxy groups -OCH3 is 1. The van der Waals surface area contributed by atoms with Gasteiger partial charge in [0.25, 0.3) is 0 Å². The molecule has 4 heteroatoms. The van der Waals surface area contributed by atoms with E-state index in [0.717, 1.165) is 32.0 Å². The number of aliphatic imine (C=N–C) groups is 1. The van der Waals surface area contributed by atoms with Crippen molar-refractivity contribution < 1.29 is 4.74 Å². The maximum Gasteiger partial charge on any atom is 0.191 e. The van der Waals surface area contributed by atoms with Gasteiger partial charge in [-0.15, -0.1) is 0 Å². The first-order valence-electron chi connectivity index (χ1n) is 6.50. The Morgan fingerprint density at radius 2 is 1.94 bits per heavy atom. The summed E-state index contributed by atoms with van der Waals surface area (Å²) in [6, 6.07) is 0. The van der Waals surface area contributed by atoms with E-state index in [4.69, 9.17) is 4.74 Å². The molecule has 0 aromatic heterocycles. The fourth-order valence-corrected chi connectivity index (χ4v) is 1.41. The zero-order chi connectivity index (χ0) is 13.1. The van der Waals surface area contributed by atoms with E-state index in [1.165, 1.54) is 6.42 Å². The lowest BCUT2D eigenvalue weighted by atomic mass is 9.91. The minimum Gasteiger partial charge on any atom is -0.383 e. The molecule has 0 amide bonds. The highest BCUT2D eigenvalue weighted by molar-refractivity contribution is 5.79. The van der Waals surface area contributed by atoms with Crippen LogP contribution in [0.15, 0.2) is 4.99 Å². The van der Waals surface area contributed by atoms with Gasteiger partial charge in [0.15, 0.2) is 5.96 Å². The first-order chi connectivity index (χ1) is 7.99. The van der Waals surface area contributed by atoms with E-state index >= 15 is 0 Å². The van der Waals surface area contributed by atoms with Crippen LogP contribution in [0.3, 0.4) is 0 Å². The number of ether oxygens (including phenoxy) is 1. The van der Waals surface area contributed by atoms with Crippen molar-refractivity contribution in [2.75, 3.05) is 33.4 Å². The van der Waals surface area contributed by atoms with Gasteiger partial charge in [-0.2, -0.15) is 0 Å². The predicted molar refractivity (Wildman–Crippen MR) is 74.5 cm³/mol. The third-order valence-corrected chi connectivity index (χ3v) is 2.30. The zero-order valence-electron chi connectivity index (χ0n) is 12.1. The first kappa shape index (κ1) is 16.2. The molecule has 0 aliphatic heterocycles. The molecule has 17 heavy (non-hydrogen) atoms. The maximum absolute atomic E-state index is 5.00. The Morgan fingerprint density at radius 3 is 2.47 bits per heavy atom. The summed E-state index contributed by atoms with van der Waals surface area (Å²) in [6.07, 6.45) is 2.33. The van der Waals surface area contributed by atoms with Crippen LogP contribution >= 0.6 is 0 Å². The average Bonchev–Trinajstić information content (AvgIpc) is 2.23. The fourth-order valence-electron chi connectivity index (χ4n) is 1.41. The number of hydrogen-bond donors (Lipinski definition) is 2. The number of nitrogens with one attached hydrogen (secondary N) is 2. The number of rotatable bonds is 7. The molecule has 0 aromatic carbocycles. The Balaban J connectivity index is 3.85. The van der Waals surface area contributed by atoms with Crippen molar-refractivity contribution >= 4 is 5.96 Å². The second-order valence-electron chi connectivity index (χ2n) is 5.34. The van der Waals surface area contributed by atoms with Gasteiger partial charge in [0.05, 0.1) is 6.61 Å². The molecular formula is C13H29N3O. The van der Waals surface area contributed by atoms with Gasteiger partial charge < -0.3 is 15.4 Å². The van der Waals surface area contributed by atoms with Gasteiger partial charge in [0, 0.05) is 26.7 Å². The quantitative estimate of drug-likeness (QED) is 0.408. The Kier molecular flexibility index (Phi) is 8.86. The summed E-state index contributed by atoms with van der Waals surface area (Å²) in [5, 5.41) is 6.46. The highest BCUT2D eigenvalue weighted by Crippen LogP contribution is 2.20. The van der Waals surface area contributed by atoms with Crippen LogP contribution in [0.2, 0.25) is 0 Å². The number of hydrogen-bond acceptors (Lipinski definition) is 2. The lowest BCUT2D eigenvalue weighted by molar-refractivity contribution is 0.203. The van der Waals surface area contributed by atoms with Gasteiger partial charge in [0.2, 0.25) is 0 Å². The van der Waals surface area contributed by atoms with E-state index in [1.54, 1.807) is 7.11 Å². The zero-order valence-corrected chi connectivity index (χ0v) is 12.1. The van der Waals surface area contributed by atoms with E-state index in [0.29, 0.717) is 12.0 Å². The van der Waals surface area contributed by atoms with Crippen LogP contribution in [0.5, 0.6) is 0 Å². The predicted octanol–water partition coefficient (Wildman–Crippen LogP) is 2.01. The van der Waals surface area contributed by atoms with Crippen LogP contribution in [-0.4, -0.2) is 39.3 Å². The molecule has 0 rings (SSSR count). The molecule has 0 unspecified atom stereocenters. The Bertz CT molecular complexity index is 209. The van der Waals surface area contributed by atoms with Crippen molar-refractivity contribution in [3.8, 4) is 0 Å². The van der Waals surface area contributed by atoms with Crippen LogP contribution in [0.4, 0.5) is 0 Å². The van der Waals surface area contributed by atoms with Crippen molar-refractivity contribution in [2.24, 2.45) is 10.4 Å². The first-order valence-corrected chi connectivity index (χ1v) is 6.50. The van der Waals surface area contributed by atoms with Crippen LogP contribution < -0.4 is 10.6 Å². The van der Waals surface area contributed by atoms with Gasteiger partial charge >= 0.3 is 0 Å². The molecule has 102 valence electrons. The Hall–Kier alpha value is -0.770. The second-order valence-corrected chi connectivity index (χ2v) is 5.34. The minimum absolute atomic E-state index is 0.400. The number of nitrogens with zero attached hydrogens (tertiary/aromatic N) is 1. The van der Waals surface area contributed by atoms with E-state index in [2.05, 4.69) is 43.3 Å². The van der Waals surface area contributed by atoms with Crippen LogP contribution in [-0.2, 0) is 4.74 Å². The van der Waals surface area contributed by atoms with Crippen molar-refractivity contribution in [3.05, 3.63) is 0 Å². The molecule has 0 bridgehead atoms. The van der Waals surface area contributed by atoms with E-state index in [-0.39, 0.29) is 0 Å². The molecule has 0 spiro atoms. The molecule has 0 aliphatic rings. The molecule has 0 saturated carbocycles. The summed E-state index contributed by atoms with van der Waals surface area (Å²) in [5.41, 5.74) is 0.400. The van der Waals surface area contributed by atoms with Gasteiger partial charge in [-0.05, 0) is 25.2 Å². The number of guanidine groups is 1. The topological polar surface area (TPSA) is 45.7 Å². The van der Waals surface area contributed by atoms with Gasteiger partial charge in [-0.1, -0.05) is 20.8 Å². The monoisotopic (exact) mass is 243 g/mol. The molecular weight excluding hydrogens is 214 g/mol. The Morgan fingerprint density at radius 1 is 1.24 bits per heavy atom. The molecule has 0 aromatic rings. The summed E-state index contributed by atoms with van der Waals surface area (Å²) >= 11 is 0. The second kappa shape index (κ2) is 9.28. The highest BCUT2D eigenvalue weighted by Gasteiger charge is 2.08. The van der Waals surface area contributed by atoms with E-state index < -0.39 is 0 Å². The van der Waals surface area contributed by atoms with Gasteiger partial charge in [-0.3, -0.25) is 4.99 Å². The standard InChI is InChI=1S/C13H29N3O/c1-6-14-12(16-10-11-17-5)15-9-7-8-13(2,3)4/h6-11H2,1-5H3,(H2,14,15,16). The fraction of sp³-hybridized carbons (Fsp3) is 0.923.